The van der Waals surface area contributed by atoms with Crippen LogP contribution < -0.4 is 0 Å². The standard InChI is InChI=1S/C17H11ClN4O2S/c18-11-7-5-10(6-8-11)15-20-21-16-17(25-9-14(23)24)19-12-3-1-2-4-13(12)22(15)16/h1-8H,9H2,(H,23,24). The van der Waals surface area contributed by atoms with Crippen molar-refractivity contribution >= 4 is 46.0 Å². The molecule has 2 aromatic heterocycles. The molecule has 6 nitrogen and oxygen atoms in total. The van der Waals surface area contributed by atoms with Crippen molar-refractivity contribution in [3.05, 3.63) is 53.6 Å². The third-order valence-electron chi connectivity index (χ3n) is 3.63. The van der Waals surface area contributed by atoms with E-state index in [0.29, 0.717) is 21.5 Å². The highest BCUT2D eigenvalue weighted by atomic mass is 35.5. The fourth-order valence-corrected chi connectivity index (χ4v) is 3.38. The largest absolute Gasteiger partial charge is 0.481 e. The lowest BCUT2D eigenvalue weighted by Gasteiger charge is -2.08. The third kappa shape index (κ3) is 2.92. The number of carboxylic acid groups (broad SMARTS) is 1. The van der Waals surface area contributed by atoms with Crippen LogP contribution in [0.5, 0.6) is 0 Å². The highest BCUT2D eigenvalue weighted by molar-refractivity contribution is 8.00. The quantitative estimate of drug-likeness (QED) is 0.551. The first-order valence-corrected chi connectivity index (χ1v) is 8.74. The molecule has 4 rings (SSSR count). The molecule has 2 aromatic carbocycles. The smallest absolute Gasteiger partial charge is 0.313 e. The molecule has 0 amide bonds. The van der Waals surface area contributed by atoms with E-state index in [1.807, 2.05) is 40.8 Å². The molecule has 25 heavy (non-hydrogen) atoms. The summed E-state index contributed by atoms with van der Waals surface area (Å²) >= 11 is 7.10. The number of halogens is 1. The van der Waals surface area contributed by atoms with Gasteiger partial charge >= 0.3 is 5.97 Å². The number of aromatic nitrogens is 4. The number of hydrogen-bond donors (Lipinski definition) is 1. The number of fused-ring (bicyclic) bond motifs is 3. The highest BCUT2D eigenvalue weighted by Crippen LogP contribution is 2.29. The maximum Gasteiger partial charge on any atom is 0.313 e. The van der Waals surface area contributed by atoms with Crippen molar-refractivity contribution in [3.63, 3.8) is 0 Å². The molecule has 2 heterocycles. The minimum atomic E-state index is -0.907. The van der Waals surface area contributed by atoms with E-state index in [0.717, 1.165) is 28.4 Å². The van der Waals surface area contributed by atoms with Crippen LogP contribution in [0.3, 0.4) is 0 Å². The molecule has 0 bridgehead atoms. The van der Waals surface area contributed by atoms with Gasteiger partial charge in [-0.1, -0.05) is 35.5 Å². The number of carboxylic acids is 1. The summed E-state index contributed by atoms with van der Waals surface area (Å²) in [7, 11) is 0. The van der Waals surface area contributed by atoms with E-state index in [4.69, 9.17) is 16.7 Å². The minimum Gasteiger partial charge on any atom is -0.481 e. The van der Waals surface area contributed by atoms with E-state index in [-0.39, 0.29) is 5.75 Å². The molecule has 0 atom stereocenters. The predicted molar refractivity (Wildman–Crippen MR) is 97.1 cm³/mol. The van der Waals surface area contributed by atoms with E-state index in [9.17, 15) is 4.79 Å². The predicted octanol–water partition coefficient (Wildman–Crippen LogP) is 3.77. The number of nitrogens with zero attached hydrogens (tertiary/aromatic N) is 4. The van der Waals surface area contributed by atoms with Crippen LogP contribution in [0.25, 0.3) is 28.1 Å². The zero-order valence-corrected chi connectivity index (χ0v) is 14.3. The molecule has 0 unspecified atom stereocenters. The molecule has 0 saturated heterocycles. The van der Waals surface area contributed by atoms with Crippen LogP contribution in [0.4, 0.5) is 0 Å². The summed E-state index contributed by atoms with van der Waals surface area (Å²) in [6, 6.07) is 15.0. The Balaban J connectivity index is 1.99. The molecule has 0 radical (unpaired) electrons. The van der Waals surface area contributed by atoms with Gasteiger partial charge in [-0.15, -0.1) is 10.2 Å². The van der Waals surface area contributed by atoms with Crippen molar-refractivity contribution in [1.29, 1.82) is 0 Å². The molecule has 8 heteroatoms. The molecule has 0 saturated carbocycles. The summed E-state index contributed by atoms with van der Waals surface area (Å²) in [5.41, 5.74) is 3.00. The monoisotopic (exact) mass is 370 g/mol. The fourth-order valence-electron chi connectivity index (χ4n) is 2.57. The van der Waals surface area contributed by atoms with Gasteiger partial charge in [-0.2, -0.15) is 0 Å². The summed E-state index contributed by atoms with van der Waals surface area (Å²) in [5, 5.41) is 18.7. The van der Waals surface area contributed by atoms with Crippen LogP contribution in [0.15, 0.2) is 53.6 Å². The van der Waals surface area contributed by atoms with Gasteiger partial charge in [0.2, 0.25) is 0 Å². The molecule has 1 N–H and O–H groups in total. The van der Waals surface area contributed by atoms with Crippen molar-refractivity contribution in [2.45, 2.75) is 5.03 Å². The first-order chi connectivity index (χ1) is 12.1. The second kappa shape index (κ2) is 6.34. The van der Waals surface area contributed by atoms with Gasteiger partial charge in [-0.05, 0) is 36.4 Å². The lowest BCUT2D eigenvalue weighted by Crippen LogP contribution is -2.01. The number of para-hydroxylation sites is 2. The Kier molecular flexibility index (Phi) is 4.03. The lowest BCUT2D eigenvalue weighted by molar-refractivity contribution is -0.133. The lowest BCUT2D eigenvalue weighted by atomic mass is 10.2. The summed E-state index contributed by atoms with van der Waals surface area (Å²) in [4.78, 5) is 15.5. The van der Waals surface area contributed by atoms with Gasteiger partial charge in [-0.3, -0.25) is 9.20 Å². The maximum atomic E-state index is 10.9. The van der Waals surface area contributed by atoms with Crippen molar-refractivity contribution in [2.24, 2.45) is 0 Å². The fraction of sp³-hybridized carbons (Fsp3) is 0.0588. The Hall–Kier alpha value is -2.64. The van der Waals surface area contributed by atoms with Crippen molar-refractivity contribution in [3.8, 4) is 11.4 Å². The van der Waals surface area contributed by atoms with Crippen molar-refractivity contribution < 1.29 is 9.90 Å². The first kappa shape index (κ1) is 15.9. The second-order valence-electron chi connectivity index (χ2n) is 5.28. The molecule has 0 fully saturated rings. The molecule has 0 aliphatic carbocycles. The van der Waals surface area contributed by atoms with Crippen LogP contribution in [0.1, 0.15) is 0 Å². The van der Waals surface area contributed by atoms with Crippen LogP contribution in [-0.4, -0.2) is 36.4 Å². The van der Waals surface area contributed by atoms with Crippen LogP contribution in [0, 0.1) is 0 Å². The number of thioether (sulfide) groups is 1. The van der Waals surface area contributed by atoms with Crippen LogP contribution in [-0.2, 0) is 4.79 Å². The van der Waals surface area contributed by atoms with Crippen LogP contribution >= 0.6 is 23.4 Å². The molecular weight excluding hydrogens is 360 g/mol. The number of aliphatic carboxylic acids is 1. The van der Waals surface area contributed by atoms with Gasteiger partial charge < -0.3 is 5.11 Å². The van der Waals surface area contributed by atoms with E-state index >= 15 is 0 Å². The van der Waals surface area contributed by atoms with Gasteiger partial charge in [0.05, 0.1) is 16.8 Å². The highest BCUT2D eigenvalue weighted by Gasteiger charge is 2.17. The Morgan fingerprint density at radius 1 is 1.12 bits per heavy atom. The van der Waals surface area contributed by atoms with E-state index < -0.39 is 5.97 Å². The molecule has 124 valence electrons. The van der Waals surface area contributed by atoms with Gasteiger partial charge in [-0.25, -0.2) is 4.98 Å². The molecule has 0 spiro atoms. The van der Waals surface area contributed by atoms with Crippen molar-refractivity contribution in [1.82, 2.24) is 19.6 Å². The number of benzene rings is 2. The van der Waals surface area contributed by atoms with Gasteiger partial charge in [0.15, 0.2) is 11.5 Å². The van der Waals surface area contributed by atoms with Crippen molar-refractivity contribution in [2.75, 3.05) is 5.75 Å². The SMILES string of the molecule is O=C(O)CSc1nc2ccccc2n2c(-c3ccc(Cl)cc3)nnc12. The zero-order valence-electron chi connectivity index (χ0n) is 12.8. The number of rotatable bonds is 4. The van der Waals surface area contributed by atoms with E-state index in [1.54, 1.807) is 12.1 Å². The Bertz CT molecular complexity index is 1100. The molecule has 4 aromatic rings. The summed E-state index contributed by atoms with van der Waals surface area (Å²) in [6.07, 6.45) is 0. The maximum absolute atomic E-state index is 10.9. The van der Waals surface area contributed by atoms with E-state index in [2.05, 4.69) is 15.2 Å². The normalized spacial score (nSPS) is 11.2. The van der Waals surface area contributed by atoms with Gasteiger partial charge in [0.25, 0.3) is 0 Å². The average Bonchev–Trinajstić information content (AvgIpc) is 3.06. The summed E-state index contributed by atoms with van der Waals surface area (Å²) in [6.45, 7) is 0. The number of carbonyl (C=O) groups is 1. The minimum absolute atomic E-state index is 0.0931. The molecule has 0 aliphatic rings. The van der Waals surface area contributed by atoms with E-state index in [1.165, 1.54) is 0 Å². The Morgan fingerprint density at radius 2 is 1.88 bits per heavy atom. The second-order valence-corrected chi connectivity index (χ2v) is 6.68. The zero-order chi connectivity index (χ0) is 17.4. The average molecular weight is 371 g/mol. The topological polar surface area (TPSA) is 80.4 Å². The van der Waals surface area contributed by atoms with Gasteiger partial charge in [0, 0.05) is 10.6 Å². The molecular formula is C17H11ClN4O2S. The Morgan fingerprint density at radius 3 is 2.64 bits per heavy atom. The summed E-state index contributed by atoms with van der Waals surface area (Å²) in [5.74, 6) is -0.345. The number of hydrogen-bond acceptors (Lipinski definition) is 5. The Labute approximate surface area is 151 Å². The third-order valence-corrected chi connectivity index (χ3v) is 4.82. The molecule has 0 aliphatic heterocycles. The summed E-state index contributed by atoms with van der Waals surface area (Å²) < 4.78 is 1.90. The first-order valence-electron chi connectivity index (χ1n) is 7.38. The van der Waals surface area contributed by atoms with Crippen LogP contribution in [0.2, 0.25) is 5.02 Å². The van der Waals surface area contributed by atoms with Gasteiger partial charge in [0.1, 0.15) is 5.03 Å².